The van der Waals surface area contributed by atoms with Gasteiger partial charge in [0.25, 0.3) is 0 Å². The highest BCUT2D eigenvalue weighted by Crippen LogP contribution is 2.27. The van der Waals surface area contributed by atoms with Crippen molar-refractivity contribution >= 4 is 34.6 Å². The van der Waals surface area contributed by atoms with Crippen molar-refractivity contribution in [2.24, 2.45) is 0 Å². The van der Waals surface area contributed by atoms with Crippen LogP contribution >= 0.6 is 0 Å². The van der Waals surface area contributed by atoms with E-state index >= 15 is 0 Å². The molecule has 3 N–H and O–H groups in total. The highest BCUT2D eigenvalue weighted by Gasteiger charge is 2.28. The molecular formula is C21H19N3O3. The first-order chi connectivity index (χ1) is 13.0. The molecule has 2 amide bonds. The molecule has 0 bridgehead atoms. The standard InChI is InChI=1S/C21H19N3O3/c1-23(16-11-13-19(25)14-12-16)20(26)21(27)24(17-5-3-2-4-6-17)18-9-7-15(22)8-10-18/h2-14,25H,22H2,1H3. The lowest BCUT2D eigenvalue weighted by molar-refractivity contribution is -0.135. The van der Waals surface area contributed by atoms with Crippen LogP contribution in [0, 0.1) is 0 Å². The van der Waals surface area contributed by atoms with Crippen molar-refractivity contribution in [2.45, 2.75) is 0 Å². The van der Waals surface area contributed by atoms with Gasteiger partial charge in [-0.25, -0.2) is 0 Å². The Morgan fingerprint density at radius 3 is 1.85 bits per heavy atom. The molecular weight excluding hydrogens is 342 g/mol. The van der Waals surface area contributed by atoms with Gasteiger partial charge in [0.05, 0.1) is 0 Å². The smallest absolute Gasteiger partial charge is 0.321 e. The van der Waals surface area contributed by atoms with Crippen molar-refractivity contribution < 1.29 is 14.7 Å². The molecule has 6 nitrogen and oxygen atoms in total. The van der Waals surface area contributed by atoms with E-state index in [1.165, 1.54) is 29.0 Å². The summed E-state index contributed by atoms with van der Waals surface area (Å²) in [4.78, 5) is 28.5. The van der Waals surface area contributed by atoms with Crippen molar-refractivity contribution in [2.75, 3.05) is 22.6 Å². The minimum absolute atomic E-state index is 0.0821. The lowest BCUT2D eigenvalue weighted by Crippen LogP contribution is -2.42. The number of amides is 2. The molecule has 0 spiro atoms. The average Bonchev–Trinajstić information content (AvgIpc) is 2.70. The van der Waals surface area contributed by atoms with Gasteiger partial charge >= 0.3 is 11.8 Å². The highest BCUT2D eigenvalue weighted by molar-refractivity contribution is 6.46. The summed E-state index contributed by atoms with van der Waals surface area (Å²) in [5.74, 6) is -1.33. The second kappa shape index (κ2) is 7.61. The summed E-state index contributed by atoms with van der Waals surface area (Å²) in [5, 5.41) is 9.41. The largest absolute Gasteiger partial charge is 0.508 e. The van der Waals surface area contributed by atoms with E-state index in [0.717, 1.165) is 0 Å². The summed E-state index contributed by atoms with van der Waals surface area (Å²) in [5.41, 5.74) is 7.90. The van der Waals surface area contributed by atoms with Crippen molar-refractivity contribution in [1.82, 2.24) is 0 Å². The van der Waals surface area contributed by atoms with Gasteiger partial charge in [0.15, 0.2) is 0 Å². The molecule has 0 radical (unpaired) electrons. The zero-order valence-electron chi connectivity index (χ0n) is 14.7. The Labute approximate surface area is 157 Å². The molecule has 0 aliphatic carbocycles. The highest BCUT2D eigenvalue weighted by atomic mass is 16.3. The molecule has 0 aromatic heterocycles. The SMILES string of the molecule is CN(C(=O)C(=O)N(c1ccccc1)c1ccc(N)cc1)c1ccc(O)cc1. The van der Waals surface area contributed by atoms with Gasteiger partial charge < -0.3 is 15.7 Å². The third-order valence-electron chi connectivity index (χ3n) is 4.09. The fraction of sp³-hybridized carbons (Fsp3) is 0.0476. The minimum atomic E-state index is -0.707. The summed E-state index contributed by atoms with van der Waals surface area (Å²) in [6.45, 7) is 0. The van der Waals surface area contributed by atoms with Gasteiger partial charge in [-0.3, -0.25) is 14.5 Å². The molecule has 3 aromatic carbocycles. The van der Waals surface area contributed by atoms with Crippen LogP contribution in [0.2, 0.25) is 0 Å². The molecule has 0 aliphatic heterocycles. The molecule has 6 heteroatoms. The summed E-state index contributed by atoms with van der Waals surface area (Å²) < 4.78 is 0. The minimum Gasteiger partial charge on any atom is -0.508 e. The van der Waals surface area contributed by atoms with Crippen LogP contribution in [0.25, 0.3) is 0 Å². The number of anilines is 4. The van der Waals surface area contributed by atoms with Gasteiger partial charge in [-0.2, -0.15) is 0 Å². The summed E-state index contributed by atoms with van der Waals surface area (Å²) in [7, 11) is 1.51. The number of phenols is 1. The van der Waals surface area contributed by atoms with Gasteiger partial charge in [0, 0.05) is 29.8 Å². The van der Waals surface area contributed by atoms with Crippen LogP contribution in [-0.4, -0.2) is 24.0 Å². The van der Waals surface area contributed by atoms with Crippen LogP contribution < -0.4 is 15.5 Å². The van der Waals surface area contributed by atoms with Gasteiger partial charge in [-0.15, -0.1) is 0 Å². The number of rotatable bonds is 3. The fourth-order valence-corrected chi connectivity index (χ4v) is 2.62. The molecule has 3 aromatic rings. The zero-order valence-corrected chi connectivity index (χ0v) is 14.7. The number of carbonyl (C=O) groups excluding carboxylic acids is 2. The lowest BCUT2D eigenvalue weighted by Gasteiger charge is -2.25. The summed E-state index contributed by atoms with van der Waals surface area (Å²) in [6.07, 6.45) is 0. The van der Waals surface area contributed by atoms with Crippen LogP contribution in [0.1, 0.15) is 0 Å². The number of para-hydroxylation sites is 1. The number of aromatic hydroxyl groups is 1. The first-order valence-corrected chi connectivity index (χ1v) is 8.29. The second-order valence-electron chi connectivity index (χ2n) is 5.95. The molecule has 0 saturated carbocycles. The number of carbonyl (C=O) groups is 2. The maximum absolute atomic E-state index is 13.1. The molecule has 0 atom stereocenters. The Kier molecular flexibility index (Phi) is 5.08. The van der Waals surface area contributed by atoms with Crippen LogP contribution in [0.15, 0.2) is 78.9 Å². The van der Waals surface area contributed by atoms with Gasteiger partial charge in [0.2, 0.25) is 0 Å². The first kappa shape index (κ1) is 18.0. The molecule has 0 saturated heterocycles. The quantitative estimate of drug-likeness (QED) is 0.553. The van der Waals surface area contributed by atoms with E-state index in [-0.39, 0.29) is 5.75 Å². The molecule has 27 heavy (non-hydrogen) atoms. The number of benzene rings is 3. The van der Waals surface area contributed by atoms with Crippen LogP contribution in [0.3, 0.4) is 0 Å². The molecule has 3 rings (SSSR count). The topological polar surface area (TPSA) is 86.9 Å². The molecule has 136 valence electrons. The normalized spacial score (nSPS) is 10.3. The maximum Gasteiger partial charge on any atom is 0.321 e. The van der Waals surface area contributed by atoms with E-state index in [4.69, 9.17) is 5.73 Å². The van der Waals surface area contributed by atoms with Gasteiger partial charge in [-0.1, -0.05) is 18.2 Å². The number of nitrogens with two attached hydrogens (primary N) is 1. The predicted octanol–water partition coefficient (Wildman–Crippen LogP) is 3.30. The Hall–Kier alpha value is -3.80. The average molecular weight is 361 g/mol. The maximum atomic E-state index is 13.1. The van der Waals surface area contributed by atoms with Crippen molar-refractivity contribution in [1.29, 1.82) is 0 Å². The molecule has 0 aliphatic rings. The Morgan fingerprint density at radius 2 is 1.26 bits per heavy atom. The molecule has 0 unspecified atom stereocenters. The van der Waals surface area contributed by atoms with E-state index in [2.05, 4.69) is 0 Å². The second-order valence-corrected chi connectivity index (χ2v) is 5.95. The van der Waals surface area contributed by atoms with E-state index in [9.17, 15) is 14.7 Å². The first-order valence-electron chi connectivity index (χ1n) is 8.29. The van der Waals surface area contributed by atoms with Crippen LogP contribution in [0.5, 0.6) is 5.75 Å². The van der Waals surface area contributed by atoms with Crippen LogP contribution in [-0.2, 0) is 9.59 Å². The molecule has 0 fully saturated rings. The van der Waals surface area contributed by atoms with E-state index in [0.29, 0.717) is 22.7 Å². The van der Waals surface area contributed by atoms with Crippen LogP contribution in [0.4, 0.5) is 22.7 Å². The summed E-state index contributed by atoms with van der Waals surface area (Å²) in [6, 6.07) is 21.7. The van der Waals surface area contributed by atoms with E-state index in [1.54, 1.807) is 60.7 Å². The number of phenolic OH excluding ortho intramolecular Hbond substituents is 1. The van der Waals surface area contributed by atoms with Crippen molar-refractivity contribution in [3.8, 4) is 5.75 Å². The zero-order chi connectivity index (χ0) is 19.4. The molecule has 0 heterocycles. The number of likely N-dealkylation sites (N-methyl/N-ethyl adjacent to an activating group) is 1. The third-order valence-corrected chi connectivity index (χ3v) is 4.09. The number of hydrogen-bond donors (Lipinski definition) is 2. The Balaban J connectivity index is 1.96. The van der Waals surface area contributed by atoms with Crippen molar-refractivity contribution in [3.05, 3.63) is 78.9 Å². The van der Waals surface area contributed by atoms with Crippen molar-refractivity contribution in [3.63, 3.8) is 0 Å². The Bertz CT molecular complexity index is 939. The number of hydrogen-bond acceptors (Lipinski definition) is 4. The number of nitrogens with zero attached hydrogens (tertiary/aromatic N) is 2. The number of nitrogen functional groups attached to an aromatic ring is 1. The van der Waals surface area contributed by atoms with E-state index < -0.39 is 11.8 Å². The predicted molar refractivity (Wildman–Crippen MR) is 106 cm³/mol. The lowest BCUT2D eigenvalue weighted by atomic mass is 10.2. The third kappa shape index (κ3) is 3.90. The van der Waals surface area contributed by atoms with Gasteiger partial charge in [-0.05, 0) is 60.7 Å². The summed E-state index contributed by atoms with van der Waals surface area (Å²) >= 11 is 0. The fourth-order valence-electron chi connectivity index (χ4n) is 2.62. The monoisotopic (exact) mass is 361 g/mol. The van der Waals surface area contributed by atoms with Gasteiger partial charge in [0.1, 0.15) is 5.75 Å². The van der Waals surface area contributed by atoms with E-state index in [1.807, 2.05) is 6.07 Å². The Morgan fingerprint density at radius 1 is 0.741 bits per heavy atom.